The van der Waals surface area contributed by atoms with E-state index in [0.717, 1.165) is 24.2 Å². The van der Waals surface area contributed by atoms with Gasteiger partial charge >= 0.3 is 277 Å². The van der Waals surface area contributed by atoms with Gasteiger partial charge in [0.2, 0.25) is 0 Å². The van der Waals surface area contributed by atoms with Crippen molar-refractivity contribution in [3.8, 4) is 0 Å². The molecule has 237 valence electrons. The van der Waals surface area contributed by atoms with Crippen LogP contribution in [0.3, 0.4) is 0 Å². The predicted octanol–water partition coefficient (Wildman–Crippen LogP) is 3.64. The van der Waals surface area contributed by atoms with Gasteiger partial charge in [-0.2, -0.15) is 0 Å². The molecule has 2 aromatic rings. The Morgan fingerprint density at radius 2 is 1.33 bits per heavy atom. The minimum absolute atomic E-state index is 0. The number of allylic oxidation sites excluding steroid dienone is 4. The molecule has 4 bridgehead atoms. The van der Waals surface area contributed by atoms with Crippen molar-refractivity contribution in [1.82, 2.24) is 0 Å². The third-order valence-electron chi connectivity index (χ3n) is 12.5. The van der Waals surface area contributed by atoms with Crippen LogP contribution in [0.5, 0.6) is 0 Å². The van der Waals surface area contributed by atoms with Crippen molar-refractivity contribution < 1.29 is 49.5 Å². The molecule has 2 aromatic carbocycles. The number of benzene rings is 2. The van der Waals surface area contributed by atoms with Gasteiger partial charge in [0.25, 0.3) is 0 Å². The van der Waals surface area contributed by atoms with Crippen molar-refractivity contribution in [1.29, 1.82) is 0 Å². The summed E-state index contributed by atoms with van der Waals surface area (Å²) in [5, 5.41) is 6.24. The normalized spacial score (nSPS) is 28.3. The number of rotatable bonds is 2. The minimum atomic E-state index is 0. The molecule has 5 fully saturated rings. The molecule has 0 N–H and O–H groups in total. The van der Waals surface area contributed by atoms with E-state index >= 15 is 0 Å². The molecular weight excluding hydrogens is 667 g/mol. The number of fused-ring (bicyclic) bond motifs is 2. The molecule has 3 heteroatoms. The average molecular weight is 718 g/mol. The summed E-state index contributed by atoms with van der Waals surface area (Å²) in [6.07, 6.45) is 22.0. The quantitative estimate of drug-likeness (QED) is 0.446. The molecule has 0 atom stereocenters. The topological polar surface area (TPSA) is 0 Å². The maximum Gasteiger partial charge on any atom is -1.00 e. The summed E-state index contributed by atoms with van der Waals surface area (Å²) >= 11 is 1.56. The fraction of sp³-hybridized carbons (Fsp3) is 0.571. The Morgan fingerprint density at radius 3 is 1.91 bits per heavy atom. The zero-order valence-corrected chi connectivity index (χ0v) is 32.4. The zero-order chi connectivity index (χ0) is 29.9. The monoisotopic (exact) mass is 715 g/mol. The van der Waals surface area contributed by atoms with Gasteiger partial charge in [-0.05, 0) is 0 Å². The second-order valence-corrected chi connectivity index (χ2v) is 18.8. The second kappa shape index (κ2) is 11.9. The zero-order valence-electron chi connectivity index (χ0n) is 28.4. The fourth-order valence-corrected chi connectivity index (χ4v) is 12.1. The standard InChI is InChI=1S/C42H51.2ClH.Zr/c1-40(2,3)31-16-15-30-20-35-34(33(30)21-31)22-37(41(4,5)6)38(29-11-8-7-9-12-29)39(35)32-13-10-14-36(32)42-23-26-17-27(24-42)19-28(18-26)25-42;;;/h10,14-16,21-22,26-28H,7-9,11-13,17-19,23-25H2,1-6H3;2*1H;/q;;;+2/p-2. The molecule has 0 aliphatic heterocycles. The van der Waals surface area contributed by atoms with E-state index in [0.29, 0.717) is 5.41 Å². The van der Waals surface area contributed by atoms with Crippen molar-refractivity contribution in [3.63, 3.8) is 0 Å². The molecule has 7 aliphatic rings. The van der Waals surface area contributed by atoms with Gasteiger partial charge in [-0.3, -0.25) is 0 Å². The van der Waals surface area contributed by atoms with Crippen molar-refractivity contribution >= 4 is 14.4 Å². The third kappa shape index (κ3) is 5.50. The number of hydrogen-bond donors (Lipinski definition) is 0. The second-order valence-electron chi connectivity index (χ2n) is 17.6. The molecule has 0 heterocycles. The van der Waals surface area contributed by atoms with Crippen LogP contribution in [0, 0.1) is 33.6 Å². The third-order valence-corrected chi connectivity index (χ3v) is 13.8. The van der Waals surface area contributed by atoms with E-state index in [9.17, 15) is 0 Å². The maximum atomic E-state index is 2.69. The van der Waals surface area contributed by atoms with Crippen LogP contribution >= 0.6 is 0 Å². The van der Waals surface area contributed by atoms with Gasteiger partial charge in [-0.1, -0.05) is 0 Å². The van der Waals surface area contributed by atoms with Crippen molar-refractivity contribution in [2.45, 2.75) is 129 Å². The van der Waals surface area contributed by atoms with Gasteiger partial charge in [0.1, 0.15) is 0 Å². The Kier molecular flexibility index (Phi) is 9.01. The van der Waals surface area contributed by atoms with E-state index in [1.807, 2.05) is 0 Å². The smallest absolute Gasteiger partial charge is 1.00 e. The average Bonchev–Trinajstić information content (AvgIpc) is 3.55. The molecule has 9 rings (SSSR count). The summed E-state index contributed by atoms with van der Waals surface area (Å²) in [5.74, 6) is 2.93. The Morgan fingerprint density at radius 1 is 0.711 bits per heavy atom. The summed E-state index contributed by atoms with van der Waals surface area (Å²) in [4.78, 5) is 0. The maximum absolute atomic E-state index is 2.69. The van der Waals surface area contributed by atoms with E-state index in [1.165, 1.54) is 91.8 Å². The molecule has 0 radical (unpaired) electrons. The van der Waals surface area contributed by atoms with Crippen LogP contribution in [0.4, 0.5) is 0 Å². The van der Waals surface area contributed by atoms with Gasteiger partial charge in [0, 0.05) is 0 Å². The molecule has 0 nitrogen and oxygen atoms in total. The molecule has 7 aliphatic carbocycles. The largest absolute Gasteiger partial charge is 1.00 e. The Balaban J connectivity index is 0.00000179. The Bertz CT molecular complexity index is 1780. The summed E-state index contributed by atoms with van der Waals surface area (Å²) in [5.41, 5.74) is 12.4. The van der Waals surface area contributed by atoms with Crippen LogP contribution in [-0.2, 0) is 35.5 Å². The van der Waals surface area contributed by atoms with Crippen molar-refractivity contribution in [2.24, 2.45) is 23.2 Å². The van der Waals surface area contributed by atoms with Crippen LogP contribution in [0.15, 0.2) is 42.0 Å². The van der Waals surface area contributed by atoms with E-state index in [1.54, 1.807) is 66.6 Å². The van der Waals surface area contributed by atoms with Crippen molar-refractivity contribution in [3.05, 3.63) is 85.1 Å². The Labute approximate surface area is 299 Å². The van der Waals surface area contributed by atoms with Crippen LogP contribution in [0.1, 0.15) is 141 Å². The summed E-state index contributed by atoms with van der Waals surface area (Å²) < 4.78 is 1.61. The molecule has 0 spiro atoms. The van der Waals surface area contributed by atoms with Crippen LogP contribution in [0.25, 0.3) is 14.4 Å². The molecule has 5 saturated carbocycles. The molecule has 0 saturated heterocycles. The Hall–Kier alpha value is -0.877. The van der Waals surface area contributed by atoms with Crippen LogP contribution < -0.4 is 35.3 Å². The first-order chi connectivity index (χ1) is 20.4. The molecule has 0 unspecified atom stereocenters. The van der Waals surface area contributed by atoms with Gasteiger partial charge in [0.05, 0.1) is 0 Å². The first-order valence-corrected chi connectivity index (χ1v) is 18.9. The van der Waals surface area contributed by atoms with Gasteiger partial charge in [-0.25, -0.2) is 0 Å². The van der Waals surface area contributed by atoms with E-state index in [2.05, 4.69) is 78.0 Å². The van der Waals surface area contributed by atoms with Gasteiger partial charge < -0.3 is 24.8 Å². The van der Waals surface area contributed by atoms with E-state index < -0.39 is 0 Å². The van der Waals surface area contributed by atoms with Gasteiger partial charge in [-0.15, -0.1) is 0 Å². The molecule has 0 amide bonds. The van der Waals surface area contributed by atoms with Crippen LogP contribution in [-0.4, -0.2) is 0 Å². The predicted molar refractivity (Wildman–Crippen MR) is 177 cm³/mol. The summed E-state index contributed by atoms with van der Waals surface area (Å²) in [6.45, 7) is 14.6. The first-order valence-electron chi connectivity index (χ1n) is 17.6. The first kappa shape index (κ1) is 34.0. The van der Waals surface area contributed by atoms with Crippen molar-refractivity contribution in [2.75, 3.05) is 0 Å². The minimum Gasteiger partial charge on any atom is -1.00 e. The molecule has 0 aromatic heterocycles. The molecule has 45 heavy (non-hydrogen) atoms. The van der Waals surface area contributed by atoms with Gasteiger partial charge in [0.15, 0.2) is 0 Å². The number of hydrogen-bond acceptors (Lipinski definition) is 0. The van der Waals surface area contributed by atoms with Crippen LogP contribution in [0.2, 0.25) is 0 Å². The summed E-state index contributed by atoms with van der Waals surface area (Å²) in [7, 11) is 0. The van der Waals surface area contributed by atoms with E-state index in [4.69, 9.17) is 0 Å². The number of halogens is 2. The SMILES string of the molecule is CC(C)(C)c1ccc2c(c1)=c1cc(C(C)(C)C)c(=C3CCCCC3)c(C3=C(C45CC6CC(CC(C6)C4)C5)C=CC3)c1[C]=2[Zr+2].[Cl-].[Cl-]. The summed E-state index contributed by atoms with van der Waals surface area (Å²) in [6, 6.07) is 10.2. The van der Waals surface area contributed by atoms with E-state index in [-0.39, 0.29) is 35.6 Å². The fourth-order valence-electron chi connectivity index (χ4n) is 10.9. The molecular formula is C42H51Cl2Zr.